The fraction of sp³-hybridized carbons (Fsp3) is 1.00. The van der Waals surface area contributed by atoms with Crippen LogP contribution in [0.2, 0.25) is 0 Å². The molecule has 0 unspecified atom stereocenters. The van der Waals surface area contributed by atoms with Gasteiger partial charge in [-0.05, 0) is 19.3 Å². The van der Waals surface area contributed by atoms with Crippen LogP contribution in [0.3, 0.4) is 0 Å². The molecule has 0 saturated heterocycles. The Morgan fingerprint density at radius 3 is 1.28 bits per heavy atom. The highest BCUT2D eigenvalue weighted by atomic mass is 127. The number of halogens is 1. The first-order valence-corrected chi connectivity index (χ1v) is 10.7. The maximum absolute atomic E-state index is 6.00. The molecular formula is C13H29IO3Si. The zero-order chi connectivity index (χ0) is 13.7. The molecular weight excluding hydrogens is 359 g/mol. The fourth-order valence-electron chi connectivity index (χ4n) is 1.36. The number of hydrogen-bond donors (Lipinski definition) is 0. The summed E-state index contributed by atoms with van der Waals surface area (Å²) in [5.74, 6) is 0. The smallest absolute Gasteiger partial charge is 0.373 e. The number of unbranched alkanes of at least 4 members (excludes halogenated alkanes) is 3. The lowest BCUT2D eigenvalue weighted by Gasteiger charge is -2.28. The summed E-state index contributed by atoms with van der Waals surface area (Å²) in [6.07, 6.45) is 6.69. The summed E-state index contributed by atoms with van der Waals surface area (Å²) in [5.41, 5.74) is 0. The quantitative estimate of drug-likeness (QED) is 0.203. The first-order valence-electron chi connectivity index (χ1n) is 7.22. The monoisotopic (exact) mass is 388 g/mol. The molecule has 0 N–H and O–H groups in total. The molecule has 0 bridgehead atoms. The Labute approximate surface area is 127 Å². The second kappa shape index (κ2) is 12.8. The molecule has 0 heterocycles. The van der Waals surface area contributed by atoms with Gasteiger partial charge in [0.2, 0.25) is 0 Å². The van der Waals surface area contributed by atoms with Crippen LogP contribution in [0.4, 0.5) is 0 Å². The van der Waals surface area contributed by atoms with Gasteiger partial charge in [0.25, 0.3) is 0 Å². The highest BCUT2D eigenvalue weighted by Crippen LogP contribution is 2.16. The molecule has 5 heteroatoms. The van der Waals surface area contributed by atoms with Crippen molar-refractivity contribution >= 4 is 31.4 Å². The van der Waals surface area contributed by atoms with Crippen molar-refractivity contribution in [2.45, 2.75) is 59.3 Å². The number of rotatable bonds is 13. The van der Waals surface area contributed by atoms with Crippen molar-refractivity contribution in [3.05, 3.63) is 0 Å². The van der Waals surface area contributed by atoms with Gasteiger partial charge in [0.05, 0.1) is 4.05 Å². The topological polar surface area (TPSA) is 27.7 Å². The van der Waals surface area contributed by atoms with Gasteiger partial charge in [-0.2, -0.15) is 0 Å². The van der Waals surface area contributed by atoms with E-state index < -0.39 is 8.80 Å². The van der Waals surface area contributed by atoms with Gasteiger partial charge >= 0.3 is 8.80 Å². The Bertz CT molecular complexity index is 155. The standard InChI is InChI=1S/C13H29IO3Si/c1-4-7-10-15-18(13-14,16-11-8-5-2)17-12-9-6-3/h4-13H2,1-3H3. The van der Waals surface area contributed by atoms with Gasteiger partial charge in [-0.15, -0.1) is 0 Å². The Hall–Kier alpha value is 0.827. The molecule has 0 aliphatic heterocycles. The molecule has 0 amide bonds. The lowest BCUT2D eigenvalue weighted by molar-refractivity contribution is 0.0627. The molecule has 0 fully saturated rings. The van der Waals surface area contributed by atoms with Crippen LogP contribution in [0.5, 0.6) is 0 Å². The maximum Gasteiger partial charge on any atom is 0.511 e. The van der Waals surface area contributed by atoms with Crippen LogP contribution in [0.25, 0.3) is 0 Å². The third-order valence-corrected chi connectivity index (χ3v) is 7.69. The first-order chi connectivity index (χ1) is 8.74. The van der Waals surface area contributed by atoms with Crippen LogP contribution in [-0.2, 0) is 13.3 Å². The molecule has 0 aliphatic rings. The predicted molar refractivity (Wildman–Crippen MR) is 87.2 cm³/mol. The molecule has 110 valence electrons. The Kier molecular flexibility index (Phi) is 13.4. The average Bonchev–Trinajstić information content (AvgIpc) is 2.39. The van der Waals surface area contributed by atoms with Crippen LogP contribution in [0.15, 0.2) is 0 Å². The van der Waals surface area contributed by atoms with E-state index in [-0.39, 0.29) is 0 Å². The molecule has 0 rings (SSSR count). The highest BCUT2D eigenvalue weighted by molar-refractivity contribution is 14.1. The van der Waals surface area contributed by atoms with Crippen molar-refractivity contribution in [3.63, 3.8) is 0 Å². The van der Waals surface area contributed by atoms with Crippen LogP contribution in [0.1, 0.15) is 59.3 Å². The summed E-state index contributed by atoms with van der Waals surface area (Å²) in [6, 6.07) is 0. The van der Waals surface area contributed by atoms with E-state index in [9.17, 15) is 0 Å². The third kappa shape index (κ3) is 8.85. The fourth-order valence-corrected chi connectivity index (χ4v) is 5.19. The Morgan fingerprint density at radius 2 is 1.06 bits per heavy atom. The molecule has 3 nitrogen and oxygen atoms in total. The minimum atomic E-state index is -2.39. The van der Waals surface area contributed by atoms with Crippen molar-refractivity contribution in [3.8, 4) is 0 Å². The van der Waals surface area contributed by atoms with Gasteiger partial charge in [-0.3, -0.25) is 0 Å². The molecule has 0 aromatic rings. The maximum atomic E-state index is 6.00. The second-order valence-electron chi connectivity index (χ2n) is 4.42. The zero-order valence-corrected chi connectivity index (χ0v) is 15.3. The summed E-state index contributed by atoms with van der Waals surface area (Å²) < 4.78 is 18.8. The van der Waals surface area contributed by atoms with Gasteiger partial charge < -0.3 is 13.3 Å². The van der Waals surface area contributed by atoms with E-state index in [2.05, 4.69) is 43.4 Å². The zero-order valence-electron chi connectivity index (χ0n) is 12.2. The van der Waals surface area contributed by atoms with Crippen molar-refractivity contribution < 1.29 is 13.3 Å². The lowest BCUT2D eigenvalue weighted by atomic mass is 10.4. The minimum Gasteiger partial charge on any atom is -0.373 e. The molecule has 0 radical (unpaired) electrons. The van der Waals surface area contributed by atoms with Crippen molar-refractivity contribution in [2.75, 3.05) is 23.9 Å². The van der Waals surface area contributed by atoms with E-state index in [1.165, 1.54) is 0 Å². The van der Waals surface area contributed by atoms with E-state index >= 15 is 0 Å². The first kappa shape index (κ1) is 18.8. The SMILES string of the molecule is CCCCO[Si](CI)(OCCCC)OCCCC. The second-order valence-corrected chi connectivity index (χ2v) is 9.21. The van der Waals surface area contributed by atoms with Gasteiger partial charge in [0.1, 0.15) is 0 Å². The normalized spacial score (nSPS) is 12.0. The molecule has 0 aromatic carbocycles. The van der Waals surface area contributed by atoms with E-state index in [4.69, 9.17) is 13.3 Å². The van der Waals surface area contributed by atoms with E-state index in [0.29, 0.717) is 0 Å². The summed E-state index contributed by atoms with van der Waals surface area (Å²) in [6.45, 7) is 8.82. The van der Waals surface area contributed by atoms with Crippen LogP contribution >= 0.6 is 22.6 Å². The van der Waals surface area contributed by atoms with Crippen molar-refractivity contribution in [2.24, 2.45) is 0 Å². The lowest BCUT2D eigenvalue weighted by Crippen LogP contribution is -2.49. The third-order valence-electron chi connectivity index (χ3n) is 2.62. The van der Waals surface area contributed by atoms with Gasteiger partial charge in [-0.1, -0.05) is 62.6 Å². The molecule has 0 aromatic heterocycles. The minimum absolute atomic E-state index is 0.768. The van der Waals surface area contributed by atoms with E-state index in [1.54, 1.807) is 0 Å². The van der Waals surface area contributed by atoms with E-state index in [0.717, 1.165) is 62.4 Å². The van der Waals surface area contributed by atoms with Gasteiger partial charge in [-0.25, -0.2) is 0 Å². The molecule has 0 aliphatic carbocycles. The van der Waals surface area contributed by atoms with Crippen molar-refractivity contribution in [1.29, 1.82) is 0 Å². The summed E-state index contributed by atoms with van der Waals surface area (Å²) in [5, 5.41) is 0. The van der Waals surface area contributed by atoms with Crippen LogP contribution in [-0.4, -0.2) is 32.7 Å². The summed E-state index contributed by atoms with van der Waals surface area (Å²) in [7, 11) is -2.39. The molecule has 0 saturated carbocycles. The number of hydrogen-bond acceptors (Lipinski definition) is 3. The summed E-state index contributed by atoms with van der Waals surface area (Å²) >= 11 is 2.34. The van der Waals surface area contributed by atoms with Gasteiger partial charge in [0.15, 0.2) is 0 Å². The summed E-state index contributed by atoms with van der Waals surface area (Å²) in [4.78, 5) is 0. The largest absolute Gasteiger partial charge is 0.511 e. The average molecular weight is 388 g/mol. The van der Waals surface area contributed by atoms with E-state index in [1.807, 2.05) is 0 Å². The van der Waals surface area contributed by atoms with Crippen LogP contribution in [0, 0.1) is 0 Å². The Morgan fingerprint density at radius 1 is 0.722 bits per heavy atom. The van der Waals surface area contributed by atoms with Crippen LogP contribution < -0.4 is 0 Å². The molecule has 0 atom stereocenters. The van der Waals surface area contributed by atoms with Gasteiger partial charge in [0, 0.05) is 19.8 Å². The predicted octanol–water partition coefficient (Wildman–Crippen LogP) is 4.35. The molecule has 18 heavy (non-hydrogen) atoms. The Balaban J connectivity index is 4.20. The van der Waals surface area contributed by atoms with Crippen molar-refractivity contribution in [1.82, 2.24) is 0 Å². The number of alkyl halides is 1. The highest BCUT2D eigenvalue weighted by Gasteiger charge is 2.39. The molecule has 0 spiro atoms.